The van der Waals surface area contributed by atoms with Crippen molar-refractivity contribution in [3.63, 3.8) is 0 Å². The lowest BCUT2D eigenvalue weighted by Gasteiger charge is -2.09. The van der Waals surface area contributed by atoms with Gasteiger partial charge in [-0.3, -0.25) is 4.79 Å². The topological polar surface area (TPSA) is 54.0 Å². The Bertz CT molecular complexity index is 626. The number of nitrogens with one attached hydrogen (secondary N) is 2. The van der Waals surface area contributed by atoms with Crippen LogP contribution in [-0.2, 0) is 0 Å². The summed E-state index contributed by atoms with van der Waals surface area (Å²) in [7, 11) is 0. The molecule has 4 nitrogen and oxygen atoms in total. The Morgan fingerprint density at radius 2 is 2.10 bits per heavy atom. The van der Waals surface area contributed by atoms with Gasteiger partial charge < -0.3 is 10.6 Å². The number of benzene rings is 1. The first-order valence-corrected chi connectivity index (χ1v) is 7.25. The highest BCUT2D eigenvalue weighted by atomic mass is 35.5. The maximum absolute atomic E-state index is 12.2. The monoisotopic (exact) mass is 303 g/mol. The molecular weight excluding hydrogens is 286 g/mol. The van der Waals surface area contributed by atoms with E-state index in [4.69, 9.17) is 11.6 Å². The lowest BCUT2D eigenvalue weighted by molar-refractivity contribution is 0.102. The van der Waals surface area contributed by atoms with Crippen LogP contribution in [-0.4, -0.2) is 17.4 Å². The van der Waals surface area contributed by atoms with Crippen LogP contribution in [0.3, 0.4) is 0 Å². The number of rotatable bonds is 5. The molecule has 2 N–H and O–H groups in total. The molecule has 0 unspecified atom stereocenters. The molecule has 1 aromatic heterocycles. The minimum atomic E-state index is -0.199. The predicted octanol–water partition coefficient (Wildman–Crippen LogP) is 4.12. The third-order valence-electron chi connectivity index (χ3n) is 3.03. The van der Waals surface area contributed by atoms with Crippen LogP contribution in [0.5, 0.6) is 0 Å². The molecule has 0 bridgehead atoms. The quantitative estimate of drug-likeness (QED) is 0.873. The maximum Gasteiger partial charge on any atom is 0.257 e. The Kier molecular flexibility index (Phi) is 5.17. The molecule has 1 heterocycles. The molecule has 0 atom stereocenters. The smallest absolute Gasteiger partial charge is 0.257 e. The van der Waals surface area contributed by atoms with E-state index < -0.39 is 0 Å². The summed E-state index contributed by atoms with van der Waals surface area (Å²) >= 11 is 5.94. The van der Waals surface area contributed by atoms with Gasteiger partial charge in [-0.15, -0.1) is 0 Å². The van der Waals surface area contributed by atoms with Crippen LogP contribution >= 0.6 is 11.6 Å². The number of pyridine rings is 1. The normalized spacial score (nSPS) is 10.2. The second-order valence-corrected chi connectivity index (χ2v) is 5.21. The summed E-state index contributed by atoms with van der Waals surface area (Å²) in [5.74, 6) is 0.572. The summed E-state index contributed by atoms with van der Waals surface area (Å²) in [6, 6.07) is 8.95. The van der Waals surface area contributed by atoms with E-state index in [2.05, 4.69) is 22.5 Å². The molecule has 0 aliphatic carbocycles. The Hall–Kier alpha value is -2.07. The largest absolute Gasteiger partial charge is 0.370 e. The van der Waals surface area contributed by atoms with E-state index in [-0.39, 0.29) is 5.91 Å². The van der Waals surface area contributed by atoms with E-state index in [9.17, 15) is 4.79 Å². The summed E-state index contributed by atoms with van der Waals surface area (Å²) < 4.78 is 0. The molecule has 21 heavy (non-hydrogen) atoms. The SMILES string of the molecule is CCCNc1ccc(C(=O)Nc2cc(Cl)ccc2C)cn1. The molecular formula is C16H18ClN3O. The van der Waals surface area contributed by atoms with Crippen molar-refractivity contribution in [1.82, 2.24) is 4.98 Å². The van der Waals surface area contributed by atoms with Crippen LogP contribution in [0.2, 0.25) is 5.02 Å². The van der Waals surface area contributed by atoms with Crippen LogP contribution in [0.25, 0.3) is 0 Å². The molecule has 0 aliphatic rings. The highest BCUT2D eigenvalue weighted by Crippen LogP contribution is 2.20. The van der Waals surface area contributed by atoms with Gasteiger partial charge in [-0.1, -0.05) is 24.6 Å². The number of aromatic nitrogens is 1. The van der Waals surface area contributed by atoms with Crippen molar-refractivity contribution in [2.24, 2.45) is 0 Å². The van der Waals surface area contributed by atoms with Crippen LogP contribution in [0.4, 0.5) is 11.5 Å². The fourth-order valence-electron chi connectivity index (χ4n) is 1.81. The van der Waals surface area contributed by atoms with Gasteiger partial charge in [0.2, 0.25) is 0 Å². The number of carbonyl (C=O) groups is 1. The molecule has 1 amide bonds. The van der Waals surface area contributed by atoms with Crippen molar-refractivity contribution in [2.45, 2.75) is 20.3 Å². The summed E-state index contributed by atoms with van der Waals surface area (Å²) in [5.41, 5.74) is 2.18. The Morgan fingerprint density at radius 1 is 1.29 bits per heavy atom. The summed E-state index contributed by atoms with van der Waals surface area (Å²) in [5, 5.41) is 6.60. The van der Waals surface area contributed by atoms with E-state index in [1.165, 1.54) is 0 Å². The van der Waals surface area contributed by atoms with Gasteiger partial charge in [0.1, 0.15) is 5.82 Å². The van der Waals surface area contributed by atoms with Crippen LogP contribution in [0, 0.1) is 6.92 Å². The van der Waals surface area contributed by atoms with E-state index in [1.807, 2.05) is 13.0 Å². The van der Waals surface area contributed by atoms with Gasteiger partial charge in [0, 0.05) is 23.5 Å². The Morgan fingerprint density at radius 3 is 2.76 bits per heavy atom. The molecule has 0 spiro atoms. The summed E-state index contributed by atoms with van der Waals surface area (Å²) in [4.78, 5) is 16.4. The third kappa shape index (κ3) is 4.20. The Balaban J connectivity index is 2.07. The average Bonchev–Trinajstić information content (AvgIpc) is 2.49. The molecule has 2 aromatic rings. The van der Waals surface area contributed by atoms with E-state index in [0.29, 0.717) is 16.3 Å². The van der Waals surface area contributed by atoms with E-state index in [0.717, 1.165) is 24.3 Å². The first kappa shape index (κ1) is 15.3. The maximum atomic E-state index is 12.2. The van der Waals surface area contributed by atoms with E-state index in [1.54, 1.807) is 30.5 Å². The van der Waals surface area contributed by atoms with Crippen molar-refractivity contribution in [2.75, 3.05) is 17.2 Å². The van der Waals surface area contributed by atoms with Gasteiger partial charge in [-0.05, 0) is 43.2 Å². The van der Waals surface area contributed by atoms with Gasteiger partial charge in [0.05, 0.1) is 5.56 Å². The third-order valence-corrected chi connectivity index (χ3v) is 3.26. The zero-order chi connectivity index (χ0) is 15.2. The highest BCUT2D eigenvalue weighted by molar-refractivity contribution is 6.31. The lowest BCUT2D eigenvalue weighted by Crippen LogP contribution is -2.13. The first-order chi connectivity index (χ1) is 10.1. The van der Waals surface area contributed by atoms with Crippen molar-refractivity contribution < 1.29 is 4.79 Å². The number of halogens is 1. The van der Waals surface area contributed by atoms with Gasteiger partial charge >= 0.3 is 0 Å². The van der Waals surface area contributed by atoms with Crippen LogP contribution in [0.1, 0.15) is 29.3 Å². The average molecular weight is 304 g/mol. The van der Waals surface area contributed by atoms with Crippen molar-refractivity contribution in [3.8, 4) is 0 Å². The Labute approximate surface area is 129 Å². The van der Waals surface area contributed by atoms with Crippen LogP contribution < -0.4 is 10.6 Å². The molecule has 2 rings (SSSR count). The first-order valence-electron chi connectivity index (χ1n) is 6.87. The fourth-order valence-corrected chi connectivity index (χ4v) is 1.98. The number of carbonyl (C=O) groups excluding carboxylic acids is 1. The summed E-state index contributed by atoms with van der Waals surface area (Å²) in [6.07, 6.45) is 2.59. The van der Waals surface area contributed by atoms with Crippen molar-refractivity contribution in [3.05, 3.63) is 52.7 Å². The molecule has 5 heteroatoms. The zero-order valence-electron chi connectivity index (χ0n) is 12.1. The number of hydrogen-bond donors (Lipinski definition) is 2. The second kappa shape index (κ2) is 7.09. The number of nitrogens with zero attached hydrogens (tertiary/aromatic N) is 1. The van der Waals surface area contributed by atoms with Crippen molar-refractivity contribution >= 4 is 29.0 Å². The molecule has 0 fully saturated rings. The molecule has 1 aromatic carbocycles. The zero-order valence-corrected chi connectivity index (χ0v) is 12.9. The molecule has 110 valence electrons. The number of amides is 1. The molecule has 0 aliphatic heterocycles. The molecule has 0 saturated heterocycles. The van der Waals surface area contributed by atoms with Gasteiger partial charge in [-0.2, -0.15) is 0 Å². The minimum Gasteiger partial charge on any atom is -0.370 e. The second-order valence-electron chi connectivity index (χ2n) is 4.77. The highest BCUT2D eigenvalue weighted by Gasteiger charge is 2.08. The lowest BCUT2D eigenvalue weighted by atomic mass is 10.2. The van der Waals surface area contributed by atoms with Gasteiger partial charge in [-0.25, -0.2) is 4.98 Å². The molecule has 0 saturated carbocycles. The number of hydrogen-bond acceptors (Lipinski definition) is 3. The van der Waals surface area contributed by atoms with E-state index >= 15 is 0 Å². The van der Waals surface area contributed by atoms with Crippen molar-refractivity contribution in [1.29, 1.82) is 0 Å². The predicted molar refractivity (Wildman–Crippen MR) is 87.2 cm³/mol. The van der Waals surface area contributed by atoms with Gasteiger partial charge in [0.15, 0.2) is 0 Å². The standard InChI is InChI=1S/C16H18ClN3O/c1-3-8-18-15-7-5-12(10-19-15)16(21)20-14-9-13(17)6-4-11(14)2/h4-7,9-10H,3,8H2,1-2H3,(H,18,19)(H,20,21). The van der Waals surface area contributed by atoms with Crippen LogP contribution in [0.15, 0.2) is 36.5 Å². The van der Waals surface area contributed by atoms with Gasteiger partial charge in [0.25, 0.3) is 5.91 Å². The number of aryl methyl sites for hydroxylation is 1. The minimum absolute atomic E-state index is 0.199. The molecule has 0 radical (unpaired) electrons. The number of anilines is 2. The summed E-state index contributed by atoms with van der Waals surface area (Å²) in [6.45, 7) is 4.87. The fraction of sp³-hybridized carbons (Fsp3) is 0.250.